The van der Waals surface area contributed by atoms with E-state index in [1.165, 1.54) is 0 Å². The van der Waals surface area contributed by atoms with Gasteiger partial charge in [0.1, 0.15) is 0 Å². The molecular formula is C7H11N3O. The Kier molecular flexibility index (Phi) is 1.94. The van der Waals surface area contributed by atoms with Gasteiger partial charge in [-0.1, -0.05) is 6.92 Å². The molecule has 4 heteroatoms. The summed E-state index contributed by atoms with van der Waals surface area (Å²) in [5.74, 6) is 0. The summed E-state index contributed by atoms with van der Waals surface area (Å²) in [7, 11) is 0. The van der Waals surface area contributed by atoms with E-state index in [0.29, 0.717) is 0 Å². The van der Waals surface area contributed by atoms with Gasteiger partial charge in [0.05, 0.1) is 5.69 Å². The van der Waals surface area contributed by atoms with E-state index in [2.05, 4.69) is 5.10 Å². The van der Waals surface area contributed by atoms with Crippen LogP contribution in [0.5, 0.6) is 0 Å². The van der Waals surface area contributed by atoms with Gasteiger partial charge in [-0.25, -0.2) is 4.79 Å². The van der Waals surface area contributed by atoms with E-state index >= 15 is 0 Å². The minimum atomic E-state index is -0.534. The average Bonchev–Trinajstić information content (AvgIpc) is 2.31. The predicted molar refractivity (Wildman–Crippen MR) is 41.3 cm³/mol. The Morgan fingerprint density at radius 2 is 2.45 bits per heavy atom. The Morgan fingerprint density at radius 3 is 2.73 bits per heavy atom. The van der Waals surface area contributed by atoms with E-state index in [0.717, 1.165) is 22.4 Å². The van der Waals surface area contributed by atoms with Gasteiger partial charge in [0.25, 0.3) is 0 Å². The molecule has 0 saturated carbocycles. The number of amides is 1. The van der Waals surface area contributed by atoms with Crippen LogP contribution >= 0.6 is 0 Å². The van der Waals surface area contributed by atoms with Crippen LogP contribution in [0.25, 0.3) is 0 Å². The van der Waals surface area contributed by atoms with E-state index in [-0.39, 0.29) is 0 Å². The van der Waals surface area contributed by atoms with Crippen molar-refractivity contribution in [2.75, 3.05) is 0 Å². The molecule has 4 nitrogen and oxygen atoms in total. The standard InChI is InChI=1S/C7H11N3O/c1-3-6-5(2)4-10(9-6)7(8)11/h4H,3H2,1-2H3,(H2,8,11). The van der Waals surface area contributed by atoms with Gasteiger partial charge < -0.3 is 5.73 Å². The molecule has 0 aliphatic heterocycles. The van der Waals surface area contributed by atoms with Gasteiger partial charge in [-0.3, -0.25) is 0 Å². The molecule has 0 atom stereocenters. The number of nitrogens with two attached hydrogens (primary N) is 1. The van der Waals surface area contributed by atoms with Crippen LogP contribution < -0.4 is 5.73 Å². The van der Waals surface area contributed by atoms with Crippen LogP contribution in [0, 0.1) is 6.92 Å². The topological polar surface area (TPSA) is 60.9 Å². The molecule has 0 saturated heterocycles. The first-order valence-corrected chi connectivity index (χ1v) is 3.50. The van der Waals surface area contributed by atoms with Crippen molar-refractivity contribution in [3.8, 4) is 0 Å². The van der Waals surface area contributed by atoms with Crippen LogP contribution in [-0.4, -0.2) is 15.8 Å². The molecule has 1 aromatic heterocycles. The molecule has 0 spiro atoms. The highest BCUT2D eigenvalue weighted by Gasteiger charge is 2.04. The van der Waals surface area contributed by atoms with Crippen molar-refractivity contribution in [1.82, 2.24) is 9.78 Å². The molecule has 1 amide bonds. The zero-order chi connectivity index (χ0) is 8.43. The maximum Gasteiger partial charge on any atom is 0.339 e. The van der Waals surface area contributed by atoms with Crippen molar-refractivity contribution in [3.63, 3.8) is 0 Å². The van der Waals surface area contributed by atoms with E-state index in [4.69, 9.17) is 5.73 Å². The molecule has 1 aromatic rings. The predicted octanol–water partition coefficient (Wildman–Crippen LogP) is 0.681. The third-order valence-electron chi connectivity index (χ3n) is 1.56. The number of rotatable bonds is 1. The monoisotopic (exact) mass is 153 g/mol. The second kappa shape index (κ2) is 2.74. The first-order valence-electron chi connectivity index (χ1n) is 3.50. The Labute approximate surface area is 65.0 Å². The highest BCUT2D eigenvalue weighted by Crippen LogP contribution is 2.04. The highest BCUT2D eigenvalue weighted by molar-refractivity contribution is 5.73. The Bertz CT molecular complexity index is 277. The Morgan fingerprint density at radius 1 is 1.82 bits per heavy atom. The Balaban J connectivity index is 3.05. The van der Waals surface area contributed by atoms with Crippen LogP contribution in [0.4, 0.5) is 4.79 Å². The summed E-state index contributed by atoms with van der Waals surface area (Å²) in [4.78, 5) is 10.6. The smallest absolute Gasteiger partial charge is 0.339 e. The maximum absolute atomic E-state index is 10.6. The summed E-state index contributed by atoms with van der Waals surface area (Å²) in [6.07, 6.45) is 2.47. The van der Waals surface area contributed by atoms with E-state index in [9.17, 15) is 4.79 Å². The number of carbonyl (C=O) groups is 1. The lowest BCUT2D eigenvalue weighted by Crippen LogP contribution is -2.19. The van der Waals surface area contributed by atoms with Crippen molar-refractivity contribution in [2.45, 2.75) is 20.3 Å². The van der Waals surface area contributed by atoms with Crippen LogP contribution in [0.2, 0.25) is 0 Å². The normalized spacial score (nSPS) is 10.0. The third kappa shape index (κ3) is 1.39. The molecule has 0 bridgehead atoms. The number of primary amides is 1. The molecule has 1 rings (SSSR count). The fourth-order valence-corrected chi connectivity index (χ4v) is 0.958. The molecule has 2 N–H and O–H groups in total. The second-order valence-electron chi connectivity index (χ2n) is 2.40. The third-order valence-corrected chi connectivity index (χ3v) is 1.56. The van der Waals surface area contributed by atoms with Gasteiger partial charge in [0.15, 0.2) is 0 Å². The number of hydrogen-bond donors (Lipinski definition) is 1. The summed E-state index contributed by atoms with van der Waals surface area (Å²) in [5.41, 5.74) is 6.94. The number of hydrogen-bond acceptors (Lipinski definition) is 2. The molecule has 0 aliphatic carbocycles. The highest BCUT2D eigenvalue weighted by atomic mass is 16.2. The minimum Gasteiger partial charge on any atom is -0.350 e. The fourth-order valence-electron chi connectivity index (χ4n) is 0.958. The van der Waals surface area contributed by atoms with Gasteiger partial charge in [0.2, 0.25) is 0 Å². The molecule has 0 radical (unpaired) electrons. The molecular weight excluding hydrogens is 142 g/mol. The first kappa shape index (κ1) is 7.78. The Hall–Kier alpha value is -1.32. The quantitative estimate of drug-likeness (QED) is 0.645. The number of aromatic nitrogens is 2. The summed E-state index contributed by atoms with van der Waals surface area (Å²) >= 11 is 0. The van der Waals surface area contributed by atoms with E-state index in [1.807, 2.05) is 13.8 Å². The van der Waals surface area contributed by atoms with Crippen LogP contribution in [0.15, 0.2) is 6.20 Å². The minimum absolute atomic E-state index is 0.534. The first-order chi connectivity index (χ1) is 5.15. The molecule has 60 valence electrons. The maximum atomic E-state index is 10.6. The van der Waals surface area contributed by atoms with Crippen LogP contribution in [0.3, 0.4) is 0 Å². The molecule has 0 aromatic carbocycles. The van der Waals surface area contributed by atoms with Crippen molar-refractivity contribution >= 4 is 6.03 Å². The van der Waals surface area contributed by atoms with Gasteiger partial charge in [0, 0.05) is 6.20 Å². The molecule has 1 heterocycles. The summed E-state index contributed by atoms with van der Waals surface area (Å²) in [6.45, 7) is 3.89. The zero-order valence-electron chi connectivity index (χ0n) is 6.66. The SMILES string of the molecule is CCc1nn(C(N)=O)cc1C. The molecule has 0 unspecified atom stereocenters. The van der Waals surface area contributed by atoms with Crippen LogP contribution in [-0.2, 0) is 6.42 Å². The van der Waals surface area contributed by atoms with Gasteiger partial charge in [-0.05, 0) is 18.9 Å². The fraction of sp³-hybridized carbons (Fsp3) is 0.429. The zero-order valence-corrected chi connectivity index (χ0v) is 6.66. The summed E-state index contributed by atoms with van der Waals surface area (Å²) < 4.78 is 1.16. The lowest BCUT2D eigenvalue weighted by Gasteiger charge is -1.89. The van der Waals surface area contributed by atoms with Gasteiger partial charge >= 0.3 is 6.03 Å². The molecule has 11 heavy (non-hydrogen) atoms. The second-order valence-corrected chi connectivity index (χ2v) is 2.40. The van der Waals surface area contributed by atoms with Crippen molar-refractivity contribution in [2.24, 2.45) is 5.73 Å². The largest absolute Gasteiger partial charge is 0.350 e. The number of aryl methyl sites for hydroxylation is 2. The van der Waals surface area contributed by atoms with E-state index < -0.39 is 6.03 Å². The van der Waals surface area contributed by atoms with Crippen LogP contribution in [0.1, 0.15) is 18.2 Å². The lowest BCUT2D eigenvalue weighted by molar-refractivity contribution is 0.247. The number of nitrogens with zero attached hydrogens (tertiary/aromatic N) is 2. The molecule has 0 aliphatic rings. The summed E-state index contributed by atoms with van der Waals surface area (Å²) in [6, 6.07) is -0.534. The van der Waals surface area contributed by atoms with E-state index in [1.54, 1.807) is 6.20 Å². The lowest BCUT2D eigenvalue weighted by atomic mass is 10.2. The van der Waals surface area contributed by atoms with Crippen molar-refractivity contribution in [1.29, 1.82) is 0 Å². The number of carbonyl (C=O) groups excluding carboxylic acids is 1. The van der Waals surface area contributed by atoms with Crippen molar-refractivity contribution in [3.05, 3.63) is 17.5 Å². The van der Waals surface area contributed by atoms with Gasteiger partial charge in [-0.2, -0.15) is 9.78 Å². The average molecular weight is 153 g/mol. The summed E-state index contributed by atoms with van der Waals surface area (Å²) in [5, 5.41) is 3.97. The molecule has 0 fully saturated rings. The van der Waals surface area contributed by atoms with Crippen molar-refractivity contribution < 1.29 is 4.79 Å². The van der Waals surface area contributed by atoms with Gasteiger partial charge in [-0.15, -0.1) is 0 Å².